The summed E-state index contributed by atoms with van der Waals surface area (Å²) in [6, 6.07) is 12.3. The molecule has 7 nitrogen and oxygen atoms in total. The molecule has 156 valence electrons. The van der Waals surface area contributed by atoms with Crippen molar-refractivity contribution >= 4 is 27.5 Å². The number of anilines is 1. The van der Waals surface area contributed by atoms with Crippen molar-refractivity contribution in [2.45, 2.75) is 38.5 Å². The summed E-state index contributed by atoms with van der Waals surface area (Å²) in [5.74, 6) is -0.748. The highest BCUT2D eigenvalue weighted by atomic mass is 32.2. The second kappa shape index (κ2) is 10.2. The predicted octanol–water partition coefficient (Wildman–Crippen LogP) is 2.29. The van der Waals surface area contributed by atoms with Crippen molar-refractivity contribution in [3.8, 4) is 0 Å². The first-order valence-corrected chi connectivity index (χ1v) is 10.9. The molecule has 0 radical (unpaired) electrons. The molecule has 0 spiro atoms. The van der Waals surface area contributed by atoms with E-state index in [1.165, 1.54) is 6.07 Å². The molecule has 0 aliphatic rings. The number of amides is 2. The fraction of sp³-hybridized carbons (Fsp3) is 0.333. The summed E-state index contributed by atoms with van der Waals surface area (Å²) in [7, 11) is -3.68. The van der Waals surface area contributed by atoms with Crippen molar-refractivity contribution in [2.24, 2.45) is 0 Å². The van der Waals surface area contributed by atoms with Gasteiger partial charge in [-0.25, -0.2) is 13.1 Å². The summed E-state index contributed by atoms with van der Waals surface area (Å²) in [4.78, 5) is 24.1. The molecule has 0 saturated carbocycles. The molecule has 0 saturated heterocycles. The van der Waals surface area contributed by atoms with Crippen molar-refractivity contribution in [3.05, 3.63) is 59.2 Å². The summed E-state index contributed by atoms with van der Waals surface area (Å²) in [6.07, 6.45) is 0.715. The lowest BCUT2D eigenvalue weighted by Crippen LogP contribution is -2.35. The highest BCUT2D eigenvalue weighted by Crippen LogP contribution is 2.15. The number of carbonyl (C=O) groups is 2. The topological polar surface area (TPSA) is 104 Å². The third-order valence-electron chi connectivity index (χ3n) is 4.55. The van der Waals surface area contributed by atoms with Gasteiger partial charge in [-0.1, -0.05) is 31.2 Å². The third kappa shape index (κ3) is 6.69. The van der Waals surface area contributed by atoms with Gasteiger partial charge in [0.1, 0.15) is 0 Å². The molecule has 2 rings (SSSR count). The van der Waals surface area contributed by atoms with Crippen LogP contribution in [0.4, 0.5) is 5.69 Å². The minimum atomic E-state index is -3.68. The maximum atomic E-state index is 12.3. The summed E-state index contributed by atoms with van der Waals surface area (Å²) in [6.45, 7) is 5.50. The van der Waals surface area contributed by atoms with Crippen LogP contribution in [0.3, 0.4) is 0 Å². The molecule has 29 heavy (non-hydrogen) atoms. The fourth-order valence-electron chi connectivity index (χ4n) is 2.68. The van der Waals surface area contributed by atoms with E-state index in [1.54, 1.807) is 18.2 Å². The molecular formula is C21H27N3O4S. The summed E-state index contributed by atoms with van der Waals surface area (Å²) in [5, 5.41) is 5.26. The fourth-order valence-corrected chi connectivity index (χ4v) is 3.79. The number of carbonyl (C=O) groups excluding carboxylic acids is 2. The van der Waals surface area contributed by atoms with E-state index >= 15 is 0 Å². The zero-order valence-corrected chi connectivity index (χ0v) is 17.7. The van der Waals surface area contributed by atoms with Crippen LogP contribution in [0.2, 0.25) is 0 Å². The first-order chi connectivity index (χ1) is 13.7. The highest BCUT2D eigenvalue weighted by molar-refractivity contribution is 7.89. The van der Waals surface area contributed by atoms with E-state index in [9.17, 15) is 18.0 Å². The Hall–Kier alpha value is -2.71. The number of para-hydroxylation sites is 1. The Morgan fingerprint density at radius 1 is 0.966 bits per heavy atom. The molecule has 0 bridgehead atoms. The average Bonchev–Trinajstić information content (AvgIpc) is 2.68. The summed E-state index contributed by atoms with van der Waals surface area (Å²) < 4.78 is 27.0. The van der Waals surface area contributed by atoms with E-state index in [0.29, 0.717) is 0 Å². The second-order valence-corrected chi connectivity index (χ2v) is 8.50. The Morgan fingerprint density at radius 3 is 2.38 bits per heavy atom. The Bertz CT molecular complexity index is 987. The van der Waals surface area contributed by atoms with Crippen molar-refractivity contribution in [1.29, 1.82) is 0 Å². The van der Waals surface area contributed by atoms with Gasteiger partial charge in [0.05, 0.1) is 11.4 Å². The van der Waals surface area contributed by atoms with Crippen molar-refractivity contribution < 1.29 is 18.0 Å². The van der Waals surface area contributed by atoms with Crippen LogP contribution < -0.4 is 15.4 Å². The van der Waals surface area contributed by atoms with Crippen LogP contribution in [0.25, 0.3) is 0 Å². The molecule has 0 fully saturated rings. The van der Waals surface area contributed by atoms with Crippen molar-refractivity contribution in [2.75, 3.05) is 18.4 Å². The maximum Gasteiger partial charge on any atom is 0.243 e. The van der Waals surface area contributed by atoms with Gasteiger partial charge in [-0.2, -0.15) is 0 Å². The smallest absolute Gasteiger partial charge is 0.243 e. The van der Waals surface area contributed by atoms with Crippen LogP contribution >= 0.6 is 0 Å². The van der Waals surface area contributed by atoms with E-state index in [-0.39, 0.29) is 30.3 Å². The molecule has 0 aliphatic carbocycles. The minimum absolute atomic E-state index is 0.0542. The molecule has 3 N–H and O–H groups in total. The van der Waals surface area contributed by atoms with Gasteiger partial charge in [-0.15, -0.1) is 0 Å². The number of aryl methyl sites for hydroxylation is 3. The van der Waals surface area contributed by atoms with Crippen LogP contribution in [0, 0.1) is 13.8 Å². The lowest BCUT2D eigenvalue weighted by Gasteiger charge is -2.11. The van der Waals surface area contributed by atoms with Gasteiger partial charge < -0.3 is 10.6 Å². The SMILES string of the molecule is CCc1ccccc1NC(=O)CNC(=O)CCNS(=O)(=O)c1ccc(C)c(C)c1. The highest BCUT2D eigenvalue weighted by Gasteiger charge is 2.15. The quantitative estimate of drug-likeness (QED) is 0.582. The Labute approximate surface area is 172 Å². The first-order valence-electron chi connectivity index (χ1n) is 9.44. The van der Waals surface area contributed by atoms with E-state index in [4.69, 9.17) is 0 Å². The second-order valence-electron chi connectivity index (χ2n) is 6.73. The maximum absolute atomic E-state index is 12.3. The third-order valence-corrected chi connectivity index (χ3v) is 6.01. The molecule has 0 aliphatic heterocycles. The van der Waals surface area contributed by atoms with Gasteiger partial charge in [0.15, 0.2) is 0 Å². The summed E-state index contributed by atoms with van der Waals surface area (Å²) in [5.41, 5.74) is 3.60. The lowest BCUT2D eigenvalue weighted by molar-refractivity contribution is -0.124. The Balaban J connectivity index is 1.78. The normalized spacial score (nSPS) is 11.1. The predicted molar refractivity (Wildman–Crippen MR) is 113 cm³/mol. The van der Waals surface area contributed by atoms with Crippen molar-refractivity contribution in [3.63, 3.8) is 0 Å². The van der Waals surface area contributed by atoms with Gasteiger partial charge in [0.25, 0.3) is 0 Å². The lowest BCUT2D eigenvalue weighted by atomic mass is 10.1. The van der Waals surface area contributed by atoms with Crippen LogP contribution in [0.15, 0.2) is 47.4 Å². The molecule has 0 aromatic heterocycles. The molecule has 0 atom stereocenters. The summed E-state index contributed by atoms with van der Waals surface area (Å²) >= 11 is 0. The van der Waals surface area contributed by atoms with Gasteiger partial charge in [-0.05, 0) is 55.2 Å². The van der Waals surface area contributed by atoms with Gasteiger partial charge in [-0.3, -0.25) is 9.59 Å². The zero-order valence-electron chi connectivity index (χ0n) is 16.9. The Kier molecular flexibility index (Phi) is 7.92. The zero-order chi connectivity index (χ0) is 21.4. The molecular weight excluding hydrogens is 390 g/mol. The molecule has 2 amide bonds. The average molecular weight is 418 g/mol. The van der Waals surface area contributed by atoms with Crippen LogP contribution in [-0.4, -0.2) is 33.3 Å². The van der Waals surface area contributed by atoms with E-state index < -0.39 is 15.9 Å². The number of rotatable bonds is 9. The number of nitrogens with one attached hydrogen (secondary N) is 3. The van der Waals surface area contributed by atoms with Crippen LogP contribution in [0.1, 0.15) is 30.0 Å². The van der Waals surface area contributed by atoms with Crippen molar-refractivity contribution in [1.82, 2.24) is 10.0 Å². The molecule has 8 heteroatoms. The van der Waals surface area contributed by atoms with Crippen LogP contribution in [0.5, 0.6) is 0 Å². The molecule has 2 aromatic carbocycles. The van der Waals surface area contributed by atoms with Crippen LogP contribution in [-0.2, 0) is 26.0 Å². The number of sulfonamides is 1. The minimum Gasteiger partial charge on any atom is -0.347 e. The number of hydrogen-bond acceptors (Lipinski definition) is 4. The largest absolute Gasteiger partial charge is 0.347 e. The van der Waals surface area contributed by atoms with E-state index in [0.717, 1.165) is 28.8 Å². The monoisotopic (exact) mass is 417 g/mol. The molecule has 2 aromatic rings. The molecule has 0 unspecified atom stereocenters. The first kappa shape index (κ1) is 22.6. The standard InChI is InChI=1S/C21H27N3O4S/c1-4-17-7-5-6-8-19(17)24-21(26)14-22-20(25)11-12-23-29(27,28)18-10-9-15(2)16(3)13-18/h5-10,13,23H,4,11-12,14H2,1-3H3,(H,22,25)(H,24,26). The Morgan fingerprint density at radius 2 is 1.69 bits per heavy atom. The van der Waals surface area contributed by atoms with Gasteiger partial charge in [0.2, 0.25) is 21.8 Å². The van der Waals surface area contributed by atoms with Gasteiger partial charge in [0, 0.05) is 18.7 Å². The number of hydrogen-bond donors (Lipinski definition) is 3. The van der Waals surface area contributed by atoms with E-state index in [1.807, 2.05) is 39.0 Å². The van der Waals surface area contributed by atoms with E-state index in [2.05, 4.69) is 15.4 Å². The number of benzene rings is 2. The van der Waals surface area contributed by atoms with Gasteiger partial charge >= 0.3 is 0 Å². The molecule has 0 heterocycles.